The van der Waals surface area contributed by atoms with Crippen LogP contribution in [0.2, 0.25) is 10.0 Å². The molecule has 2 atom stereocenters. The van der Waals surface area contributed by atoms with Gasteiger partial charge in [0.15, 0.2) is 0 Å². The molecule has 4 rings (SSSR count). The van der Waals surface area contributed by atoms with Crippen LogP contribution in [0.5, 0.6) is 0 Å². The molecule has 0 aliphatic heterocycles. The second kappa shape index (κ2) is 9.13. The standard InChI is InChI=1S/C23H21Cl2N3O2/c24-16-9-5-14(6-10-16)21-22(15-7-11-17(25)12-8-15)27-19(13-26-21)23(30)28-18-3-1-2-4-20(18)29/h5-13,18,20,29H,1-4H2,(H,28,30)/t18-,20-/m1/s1. The van der Waals surface area contributed by atoms with Gasteiger partial charge in [0.05, 0.1) is 29.7 Å². The third kappa shape index (κ3) is 4.64. The number of carbonyl (C=O) groups excluding carboxylic acids is 1. The van der Waals surface area contributed by atoms with Gasteiger partial charge in [-0.25, -0.2) is 4.98 Å². The molecule has 30 heavy (non-hydrogen) atoms. The van der Waals surface area contributed by atoms with Crippen molar-refractivity contribution in [2.24, 2.45) is 0 Å². The lowest BCUT2D eigenvalue weighted by Gasteiger charge is -2.28. The summed E-state index contributed by atoms with van der Waals surface area (Å²) < 4.78 is 0. The van der Waals surface area contributed by atoms with E-state index >= 15 is 0 Å². The maximum Gasteiger partial charge on any atom is 0.271 e. The maximum atomic E-state index is 12.8. The minimum atomic E-state index is -0.528. The molecule has 0 bridgehead atoms. The lowest BCUT2D eigenvalue weighted by Crippen LogP contribution is -2.45. The van der Waals surface area contributed by atoms with E-state index in [0.29, 0.717) is 27.9 Å². The number of nitrogens with zero attached hydrogens (tertiary/aromatic N) is 2. The Morgan fingerprint density at radius 3 is 2.07 bits per heavy atom. The van der Waals surface area contributed by atoms with Crippen LogP contribution in [0.1, 0.15) is 36.2 Å². The zero-order chi connectivity index (χ0) is 21.1. The fourth-order valence-corrected chi connectivity index (χ4v) is 3.90. The first-order chi connectivity index (χ1) is 14.5. The van der Waals surface area contributed by atoms with Crippen molar-refractivity contribution >= 4 is 29.1 Å². The summed E-state index contributed by atoms with van der Waals surface area (Å²) in [7, 11) is 0. The topological polar surface area (TPSA) is 75.1 Å². The quantitative estimate of drug-likeness (QED) is 0.586. The second-order valence-corrected chi connectivity index (χ2v) is 8.27. The van der Waals surface area contributed by atoms with Crippen LogP contribution in [0.4, 0.5) is 0 Å². The number of aromatic nitrogens is 2. The van der Waals surface area contributed by atoms with E-state index < -0.39 is 6.10 Å². The van der Waals surface area contributed by atoms with Gasteiger partial charge in [-0.05, 0) is 37.1 Å². The number of aliphatic hydroxyl groups is 1. The molecule has 0 radical (unpaired) electrons. The zero-order valence-electron chi connectivity index (χ0n) is 16.2. The highest BCUT2D eigenvalue weighted by molar-refractivity contribution is 6.31. The van der Waals surface area contributed by atoms with E-state index in [4.69, 9.17) is 23.2 Å². The second-order valence-electron chi connectivity index (χ2n) is 7.40. The van der Waals surface area contributed by atoms with Crippen LogP contribution in [0.3, 0.4) is 0 Å². The number of hydrogen-bond acceptors (Lipinski definition) is 4. The van der Waals surface area contributed by atoms with Crippen LogP contribution in [-0.4, -0.2) is 33.1 Å². The number of halogens is 2. The molecule has 0 saturated heterocycles. The Labute approximate surface area is 185 Å². The summed E-state index contributed by atoms with van der Waals surface area (Å²) in [5.74, 6) is -0.341. The summed E-state index contributed by atoms with van der Waals surface area (Å²) in [5.41, 5.74) is 3.06. The molecule has 1 aliphatic rings. The van der Waals surface area contributed by atoms with Gasteiger partial charge >= 0.3 is 0 Å². The number of amides is 1. The molecule has 1 heterocycles. The average molecular weight is 442 g/mol. The average Bonchev–Trinajstić information content (AvgIpc) is 2.76. The Bertz CT molecular complexity index is 1040. The SMILES string of the molecule is O=C(N[C@@H]1CCCC[C@H]1O)c1cnc(-c2ccc(Cl)cc2)c(-c2ccc(Cl)cc2)n1. The van der Waals surface area contributed by atoms with Gasteiger partial charge in [0, 0.05) is 21.2 Å². The van der Waals surface area contributed by atoms with Gasteiger partial charge in [-0.1, -0.05) is 60.3 Å². The summed E-state index contributed by atoms with van der Waals surface area (Å²) in [6.07, 6.45) is 4.35. The highest BCUT2D eigenvalue weighted by Crippen LogP contribution is 2.30. The van der Waals surface area contributed by atoms with Gasteiger partial charge in [0.1, 0.15) is 5.69 Å². The van der Waals surface area contributed by atoms with E-state index in [9.17, 15) is 9.90 Å². The summed E-state index contributed by atoms with van der Waals surface area (Å²) in [5, 5.41) is 14.3. The zero-order valence-corrected chi connectivity index (χ0v) is 17.7. The highest BCUT2D eigenvalue weighted by atomic mass is 35.5. The van der Waals surface area contributed by atoms with Crippen molar-refractivity contribution in [3.8, 4) is 22.5 Å². The van der Waals surface area contributed by atoms with Gasteiger partial charge < -0.3 is 10.4 Å². The summed E-state index contributed by atoms with van der Waals surface area (Å²) in [4.78, 5) is 22.0. The smallest absolute Gasteiger partial charge is 0.271 e. The van der Waals surface area contributed by atoms with Crippen LogP contribution in [0.25, 0.3) is 22.5 Å². The van der Waals surface area contributed by atoms with Crippen LogP contribution in [-0.2, 0) is 0 Å². The van der Waals surface area contributed by atoms with E-state index in [-0.39, 0.29) is 17.6 Å². The lowest BCUT2D eigenvalue weighted by molar-refractivity contribution is 0.0713. The Balaban J connectivity index is 1.71. The lowest BCUT2D eigenvalue weighted by atomic mass is 9.92. The molecular weight excluding hydrogens is 421 g/mol. The number of nitrogens with one attached hydrogen (secondary N) is 1. The van der Waals surface area contributed by atoms with Crippen molar-refractivity contribution in [1.82, 2.24) is 15.3 Å². The fraction of sp³-hybridized carbons (Fsp3) is 0.261. The molecule has 3 aromatic rings. The third-order valence-corrected chi connectivity index (χ3v) is 5.79. The molecule has 1 aliphatic carbocycles. The van der Waals surface area contributed by atoms with Gasteiger partial charge in [0.2, 0.25) is 0 Å². The van der Waals surface area contributed by atoms with Crippen molar-refractivity contribution < 1.29 is 9.90 Å². The summed E-state index contributed by atoms with van der Waals surface area (Å²) in [6, 6.07) is 14.3. The third-order valence-electron chi connectivity index (χ3n) is 5.29. The van der Waals surface area contributed by atoms with Gasteiger partial charge in [-0.3, -0.25) is 9.78 Å². The van der Waals surface area contributed by atoms with Crippen LogP contribution < -0.4 is 5.32 Å². The largest absolute Gasteiger partial charge is 0.391 e. The first kappa shape index (κ1) is 20.8. The molecule has 7 heteroatoms. The Morgan fingerprint density at radius 1 is 0.900 bits per heavy atom. The highest BCUT2D eigenvalue weighted by Gasteiger charge is 2.26. The van der Waals surface area contributed by atoms with Crippen molar-refractivity contribution in [3.63, 3.8) is 0 Å². The molecular formula is C23H21Cl2N3O2. The minimum absolute atomic E-state index is 0.204. The van der Waals surface area contributed by atoms with Gasteiger partial charge in [-0.2, -0.15) is 0 Å². The number of carbonyl (C=O) groups is 1. The monoisotopic (exact) mass is 441 g/mol. The molecule has 1 fully saturated rings. The van der Waals surface area contributed by atoms with Crippen LogP contribution in [0.15, 0.2) is 54.7 Å². The van der Waals surface area contributed by atoms with E-state index in [2.05, 4.69) is 15.3 Å². The van der Waals surface area contributed by atoms with E-state index in [0.717, 1.165) is 30.4 Å². The predicted octanol–water partition coefficient (Wildman–Crippen LogP) is 5.15. The fourth-order valence-electron chi connectivity index (χ4n) is 3.65. The molecule has 5 nitrogen and oxygen atoms in total. The van der Waals surface area contributed by atoms with Crippen molar-refractivity contribution in [3.05, 3.63) is 70.5 Å². The Hall–Kier alpha value is -2.47. The molecule has 0 unspecified atom stereocenters. The molecule has 1 aromatic heterocycles. The minimum Gasteiger partial charge on any atom is -0.391 e. The van der Waals surface area contributed by atoms with Gasteiger partial charge in [-0.15, -0.1) is 0 Å². The van der Waals surface area contributed by atoms with Crippen LogP contribution in [0, 0.1) is 0 Å². The molecule has 154 valence electrons. The summed E-state index contributed by atoms with van der Waals surface area (Å²) in [6.45, 7) is 0. The van der Waals surface area contributed by atoms with E-state index in [1.54, 1.807) is 24.3 Å². The van der Waals surface area contributed by atoms with E-state index in [1.807, 2.05) is 24.3 Å². The van der Waals surface area contributed by atoms with Crippen LogP contribution >= 0.6 is 23.2 Å². The summed E-state index contributed by atoms with van der Waals surface area (Å²) >= 11 is 12.1. The molecule has 0 spiro atoms. The Kier molecular flexibility index (Phi) is 6.32. The maximum absolute atomic E-state index is 12.8. The Morgan fingerprint density at radius 2 is 1.47 bits per heavy atom. The van der Waals surface area contributed by atoms with Gasteiger partial charge in [0.25, 0.3) is 5.91 Å². The molecule has 1 saturated carbocycles. The van der Waals surface area contributed by atoms with Crippen molar-refractivity contribution in [1.29, 1.82) is 0 Å². The first-order valence-corrected chi connectivity index (χ1v) is 10.6. The number of hydrogen-bond donors (Lipinski definition) is 2. The van der Waals surface area contributed by atoms with E-state index in [1.165, 1.54) is 6.20 Å². The molecule has 2 N–H and O–H groups in total. The first-order valence-electron chi connectivity index (χ1n) is 9.89. The molecule has 1 amide bonds. The number of benzene rings is 2. The van der Waals surface area contributed by atoms with Crippen molar-refractivity contribution in [2.45, 2.75) is 37.8 Å². The molecule has 2 aromatic carbocycles. The predicted molar refractivity (Wildman–Crippen MR) is 119 cm³/mol. The normalized spacial score (nSPS) is 18.8. The number of aliphatic hydroxyl groups excluding tert-OH is 1. The van der Waals surface area contributed by atoms with Crippen molar-refractivity contribution in [2.75, 3.05) is 0 Å². The number of rotatable bonds is 4.